The van der Waals surface area contributed by atoms with Crippen molar-refractivity contribution in [3.8, 4) is 11.5 Å². The summed E-state index contributed by atoms with van der Waals surface area (Å²) in [6.07, 6.45) is 2.26. The number of methoxy groups -OCH3 is 2. The van der Waals surface area contributed by atoms with Gasteiger partial charge >= 0.3 is 0 Å². The van der Waals surface area contributed by atoms with Gasteiger partial charge in [-0.25, -0.2) is 0 Å². The van der Waals surface area contributed by atoms with E-state index in [1.807, 2.05) is 0 Å². The number of ether oxygens (including phenoxy) is 2. The quantitative estimate of drug-likeness (QED) is 0.802. The molecule has 136 valence electrons. The van der Waals surface area contributed by atoms with E-state index in [0.29, 0.717) is 28.8 Å². The zero-order valence-corrected chi connectivity index (χ0v) is 14.9. The summed E-state index contributed by atoms with van der Waals surface area (Å²) in [6.45, 7) is 0. The van der Waals surface area contributed by atoms with Crippen LogP contribution in [0.15, 0.2) is 42.5 Å². The molecule has 1 fully saturated rings. The molecule has 0 bridgehead atoms. The molecule has 2 aromatic rings. The molecule has 26 heavy (non-hydrogen) atoms. The lowest BCUT2D eigenvalue weighted by Crippen LogP contribution is -2.25. The summed E-state index contributed by atoms with van der Waals surface area (Å²) in [5.41, 5.74) is 1.97. The molecular weight excluding hydrogens is 332 g/mol. The highest BCUT2D eigenvalue weighted by Gasteiger charge is 2.23. The molecule has 0 spiro atoms. The van der Waals surface area contributed by atoms with E-state index in [2.05, 4.69) is 10.6 Å². The molecule has 2 amide bonds. The van der Waals surface area contributed by atoms with E-state index in [9.17, 15) is 9.59 Å². The standard InChI is InChI=1S/C20H22N2O4/c1-25-17-9-10-18(26-2)14(11-17)12-19(23)21-15-5-3-13(4-6-15)20(24)22-16-7-8-16/h3-6,9-11,16H,7-8,12H2,1-2H3,(H,21,23)(H,22,24). The second-order valence-electron chi connectivity index (χ2n) is 6.23. The average molecular weight is 354 g/mol. The minimum absolute atomic E-state index is 0.0773. The topological polar surface area (TPSA) is 76.7 Å². The highest BCUT2D eigenvalue weighted by atomic mass is 16.5. The Labute approximate surface area is 152 Å². The van der Waals surface area contributed by atoms with Crippen LogP contribution < -0.4 is 20.1 Å². The summed E-state index contributed by atoms with van der Waals surface area (Å²) in [6, 6.07) is 12.5. The van der Waals surface area contributed by atoms with Crippen LogP contribution in [-0.4, -0.2) is 32.1 Å². The van der Waals surface area contributed by atoms with Crippen molar-refractivity contribution in [1.29, 1.82) is 0 Å². The number of hydrogen-bond acceptors (Lipinski definition) is 4. The van der Waals surface area contributed by atoms with Crippen LogP contribution in [0.2, 0.25) is 0 Å². The summed E-state index contributed by atoms with van der Waals surface area (Å²) in [4.78, 5) is 24.3. The van der Waals surface area contributed by atoms with Crippen molar-refractivity contribution in [3.05, 3.63) is 53.6 Å². The minimum Gasteiger partial charge on any atom is -0.497 e. The van der Waals surface area contributed by atoms with Crippen LogP contribution in [0, 0.1) is 0 Å². The monoisotopic (exact) mass is 354 g/mol. The zero-order chi connectivity index (χ0) is 18.5. The third kappa shape index (κ3) is 4.53. The summed E-state index contributed by atoms with van der Waals surface area (Å²) in [7, 11) is 3.14. The first-order chi connectivity index (χ1) is 12.6. The van der Waals surface area contributed by atoms with Crippen molar-refractivity contribution in [3.63, 3.8) is 0 Å². The number of amides is 2. The Bertz CT molecular complexity index is 798. The average Bonchev–Trinajstić information content (AvgIpc) is 3.46. The number of rotatable bonds is 7. The van der Waals surface area contributed by atoms with Crippen LogP contribution in [0.1, 0.15) is 28.8 Å². The maximum atomic E-state index is 12.3. The Kier molecular flexibility index (Phi) is 5.41. The van der Waals surface area contributed by atoms with Crippen LogP contribution >= 0.6 is 0 Å². The Hall–Kier alpha value is -3.02. The number of carbonyl (C=O) groups is 2. The lowest BCUT2D eigenvalue weighted by Gasteiger charge is -2.11. The van der Waals surface area contributed by atoms with Gasteiger partial charge in [-0.1, -0.05) is 0 Å². The smallest absolute Gasteiger partial charge is 0.251 e. The molecule has 0 radical (unpaired) electrons. The van der Waals surface area contributed by atoms with E-state index in [1.54, 1.807) is 56.7 Å². The fourth-order valence-corrected chi connectivity index (χ4v) is 2.60. The van der Waals surface area contributed by atoms with Crippen LogP contribution in [0.5, 0.6) is 11.5 Å². The van der Waals surface area contributed by atoms with Gasteiger partial charge in [0.2, 0.25) is 5.91 Å². The molecule has 3 rings (SSSR count). The lowest BCUT2D eigenvalue weighted by molar-refractivity contribution is -0.115. The van der Waals surface area contributed by atoms with Crippen molar-refractivity contribution in [2.45, 2.75) is 25.3 Å². The highest BCUT2D eigenvalue weighted by Crippen LogP contribution is 2.25. The fourth-order valence-electron chi connectivity index (χ4n) is 2.60. The van der Waals surface area contributed by atoms with Gasteiger partial charge in [0.25, 0.3) is 5.91 Å². The summed E-state index contributed by atoms with van der Waals surface area (Å²) >= 11 is 0. The van der Waals surface area contributed by atoms with Crippen LogP contribution in [0.4, 0.5) is 5.69 Å². The van der Waals surface area contributed by atoms with Gasteiger partial charge in [0.1, 0.15) is 11.5 Å². The van der Waals surface area contributed by atoms with Gasteiger partial charge in [0.05, 0.1) is 20.6 Å². The van der Waals surface area contributed by atoms with E-state index in [-0.39, 0.29) is 18.2 Å². The fraction of sp³-hybridized carbons (Fsp3) is 0.300. The Balaban J connectivity index is 1.62. The first kappa shape index (κ1) is 17.8. The predicted octanol–water partition coefficient (Wildman–Crippen LogP) is 2.78. The molecule has 0 saturated heterocycles. The Morgan fingerprint density at radius 1 is 1.04 bits per heavy atom. The minimum atomic E-state index is -0.174. The second kappa shape index (κ2) is 7.91. The SMILES string of the molecule is COc1ccc(OC)c(CC(=O)Nc2ccc(C(=O)NC3CC3)cc2)c1. The van der Waals surface area contributed by atoms with E-state index >= 15 is 0 Å². The molecule has 1 saturated carbocycles. The van der Waals surface area contributed by atoms with Crippen LogP contribution in [-0.2, 0) is 11.2 Å². The maximum Gasteiger partial charge on any atom is 0.251 e. The number of hydrogen-bond donors (Lipinski definition) is 2. The van der Waals surface area contributed by atoms with Crippen molar-refractivity contribution in [1.82, 2.24) is 5.32 Å². The van der Waals surface area contributed by atoms with E-state index in [1.165, 1.54) is 0 Å². The maximum absolute atomic E-state index is 12.3. The molecule has 6 nitrogen and oxygen atoms in total. The van der Waals surface area contributed by atoms with Crippen LogP contribution in [0.25, 0.3) is 0 Å². The van der Waals surface area contributed by atoms with Crippen molar-refractivity contribution in [2.24, 2.45) is 0 Å². The number of nitrogens with one attached hydrogen (secondary N) is 2. The summed E-state index contributed by atoms with van der Waals surface area (Å²) < 4.78 is 10.5. The van der Waals surface area contributed by atoms with E-state index in [4.69, 9.17) is 9.47 Å². The third-order valence-electron chi connectivity index (χ3n) is 4.18. The molecule has 1 aliphatic rings. The molecule has 0 unspecified atom stereocenters. The molecule has 0 aliphatic heterocycles. The Morgan fingerprint density at radius 3 is 2.38 bits per heavy atom. The molecule has 0 heterocycles. The first-order valence-corrected chi connectivity index (χ1v) is 8.50. The van der Waals surface area contributed by atoms with Gasteiger partial charge in [0.15, 0.2) is 0 Å². The normalized spacial score (nSPS) is 13.0. The molecule has 1 aliphatic carbocycles. The molecule has 0 atom stereocenters. The lowest BCUT2D eigenvalue weighted by atomic mass is 10.1. The molecular formula is C20H22N2O4. The number of anilines is 1. The zero-order valence-electron chi connectivity index (χ0n) is 14.9. The second-order valence-corrected chi connectivity index (χ2v) is 6.23. The van der Waals surface area contributed by atoms with Gasteiger partial charge in [-0.3, -0.25) is 9.59 Å². The Morgan fingerprint density at radius 2 is 1.77 bits per heavy atom. The van der Waals surface area contributed by atoms with Crippen molar-refractivity contribution in [2.75, 3.05) is 19.5 Å². The van der Waals surface area contributed by atoms with Crippen molar-refractivity contribution >= 4 is 17.5 Å². The van der Waals surface area contributed by atoms with Gasteiger partial charge in [-0.15, -0.1) is 0 Å². The van der Waals surface area contributed by atoms with Crippen molar-refractivity contribution < 1.29 is 19.1 Å². The van der Waals surface area contributed by atoms with Gasteiger partial charge in [0, 0.05) is 22.9 Å². The molecule has 2 N–H and O–H groups in total. The molecule has 2 aromatic carbocycles. The highest BCUT2D eigenvalue weighted by molar-refractivity contribution is 5.96. The molecule has 6 heteroatoms. The molecule has 0 aromatic heterocycles. The predicted molar refractivity (Wildman–Crippen MR) is 98.8 cm³/mol. The van der Waals surface area contributed by atoms with Gasteiger partial charge in [-0.05, 0) is 55.3 Å². The number of benzene rings is 2. The van der Waals surface area contributed by atoms with Crippen LogP contribution in [0.3, 0.4) is 0 Å². The first-order valence-electron chi connectivity index (χ1n) is 8.50. The van der Waals surface area contributed by atoms with E-state index < -0.39 is 0 Å². The van der Waals surface area contributed by atoms with Gasteiger partial charge < -0.3 is 20.1 Å². The third-order valence-corrected chi connectivity index (χ3v) is 4.18. The largest absolute Gasteiger partial charge is 0.497 e. The van der Waals surface area contributed by atoms with Gasteiger partial charge in [-0.2, -0.15) is 0 Å². The summed E-state index contributed by atoms with van der Waals surface area (Å²) in [5.74, 6) is 1.05. The summed E-state index contributed by atoms with van der Waals surface area (Å²) in [5, 5.41) is 5.77. The van der Waals surface area contributed by atoms with E-state index in [0.717, 1.165) is 18.4 Å². The number of carbonyl (C=O) groups excluding carboxylic acids is 2.